The van der Waals surface area contributed by atoms with Crippen LogP contribution in [0.15, 0.2) is 34.3 Å². The molecule has 208 valence electrons. The summed E-state index contributed by atoms with van der Waals surface area (Å²) in [5, 5.41) is 22.1. The lowest BCUT2D eigenvalue weighted by Crippen LogP contribution is -2.21. The van der Waals surface area contributed by atoms with Gasteiger partial charge in [-0.2, -0.15) is 0 Å². The van der Waals surface area contributed by atoms with Crippen molar-refractivity contribution in [3.05, 3.63) is 57.6 Å². The third-order valence-electron chi connectivity index (χ3n) is 7.74. The van der Waals surface area contributed by atoms with Crippen LogP contribution in [0.3, 0.4) is 0 Å². The van der Waals surface area contributed by atoms with Crippen LogP contribution in [0.5, 0.6) is 11.5 Å². The van der Waals surface area contributed by atoms with Crippen molar-refractivity contribution in [2.75, 3.05) is 0 Å². The molecule has 2 unspecified atom stereocenters. The zero-order valence-electron chi connectivity index (χ0n) is 25.4. The van der Waals surface area contributed by atoms with Gasteiger partial charge in [0.1, 0.15) is 11.5 Å². The van der Waals surface area contributed by atoms with E-state index in [2.05, 4.69) is 93.5 Å². The Morgan fingerprint density at radius 1 is 0.684 bits per heavy atom. The fraction of sp³-hybridized carbons (Fsp3) is 0.588. The highest BCUT2D eigenvalue weighted by atomic mass is 16.3. The van der Waals surface area contributed by atoms with Gasteiger partial charge in [-0.05, 0) is 71.6 Å². The van der Waals surface area contributed by atoms with Gasteiger partial charge in [0, 0.05) is 34.7 Å². The molecule has 0 aliphatic heterocycles. The van der Waals surface area contributed by atoms with Gasteiger partial charge in [0.05, 0.1) is 12.1 Å². The monoisotopic (exact) mass is 518 g/mol. The van der Waals surface area contributed by atoms with Crippen molar-refractivity contribution in [2.24, 2.45) is 9.98 Å². The Morgan fingerprint density at radius 2 is 1.05 bits per heavy atom. The van der Waals surface area contributed by atoms with Crippen LogP contribution in [0.1, 0.15) is 140 Å². The standard InChI is InChI=1S/C34H50N2O2/c1-21(2)23-14-25(31(37)29(16-23)33(5,6)7)19-35-27-12-11-13-28(18-27)36-20-26-15-24(22(3)4)17-30(32(26)38)34(8,9)10/h14-17,19-22,27-28,37-38H,11-13,18H2,1-10H3. The SMILES string of the molecule is CC(C)c1cc(C=NC2CCCC(N=Cc3cc(C(C)C)cc(C(C)(C)C)c3O)C2)c(O)c(C(C)(C)C)c1. The van der Waals surface area contributed by atoms with Crippen LogP contribution in [0, 0.1) is 0 Å². The summed E-state index contributed by atoms with van der Waals surface area (Å²) in [6, 6.07) is 8.77. The summed E-state index contributed by atoms with van der Waals surface area (Å²) in [5.74, 6) is 1.43. The van der Waals surface area contributed by atoms with E-state index in [9.17, 15) is 10.2 Å². The van der Waals surface area contributed by atoms with Crippen LogP contribution in [0.4, 0.5) is 0 Å². The van der Waals surface area contributed by atoms with Crippen LogP contribution in [0.25, 0.3) is 0 Å². The predicted octanol–water partition coefficient (Wildman–Crippen LogP) is 8.79. The number of nitrogens with zero attached hydrogens (tertiary/aromatic N) is 2. The topological polar surface area (TPSA) is 65.2 Å². The van der Waals surface area contributed by atoms with E-state index in [1.807, 2.05) is 12.4 Å². The molecule has 0 bridgehead atoms. The van der Waals surface area contributed by atoms with E-state index in [1.54, 1.807) is 0 Å². The summed E-state index contributed by atoms with van der Waals surface area (Å²) < 4.78 is 0. The first-order chi connectivity index (χ1) is 17.6. The third-order valence-corrected chi connectivity index (χ3v) is 7.74. The molecule has 0 amide bonds. The molecule has 0 aromatic heterocycles. The van der Waals surface area contributed by atoms with Gasteiger partial charge in [0.15, 0.2) is 0 Å². The second-order valence-corrected chi connectivity index (χ2v) is 13.9. The van der Waals surface area contributed by atoms with Crippen LogP contribution < -0.4 is 0 Å². The fourth-order valence-corrected chi connectivity index (χ4v) is 5.15. The molecule has 38 heavy (non-hydrogen) atoms. The van der Waals surface area contributed by atoms with Gasteiger partial charge in [0.25, 0.3) is 0 Å². The maximum Gasteiger partial charge on any atom is 0.128 e. The average Bonchev–Trinajstić information content (AvgIpc) is 2.81. The van der Waals surface area contributed by atoms with Crippen LogP contribution >= 0.6 is 0 Å². The molecule has 1 aliphatic carbocycles. The fourth-order valence-electron chi connectivity index (χ4n) is 5.15. The molecule has 2 aromatic rings. The second kappa shape index (κ2) is 11.6. The highest BCUT2D eigenvalue weighted by Gasteiger charge is 2.24. The zero-order valence-corrected chi connectivity index (χ0v) is 25.4. The van der Waals surface area contributed by atoms with Gasteiger partial charge in [-0.3, -0.25) is 9.98 Å². The molecule has 4 nitrogen and oxygen atoms in total. The first kappa shape index (κ1) is 29.9. The van der Waals surface area contributed by atoms with E-state index >= 15 is 0 Å². The van der Waals surface area contributed by atoms with Crippen molar-refractivity contribution in [1.82, 2.24) is 0 Å². The Balaban J connectivity index is 1.83. The van der Waals surface area contributed by atoms with Gasteiger partial charge in [0.2, 0.25) is 0 Å². The molecule has 1 saturated carbocycles. The minimum atomic E-state index is -0.145. The Hall–Kier alpha value is -2.62. The quantitative estimate of drug-likeness (QED) is 0.375. The number of aromatic hydroxyl groups is 2. The van der Waals surface area contributed by atoms with Crippen molar-refractivity contribution in [3.63, 3.8) is 0 Å². The molecule has 0 spiro atoms. The van der Waals surface area contributed by atoms with Crippen LogP contribution in [-0.4, -0.2) is 34.7 Å². The van der Waals surface area contributed by atoms with Gasteiger partial charge in [-0.25, -0.2) is 0 Å². The molecule has 0 heterocycles. The van der Waals surface area contributed by atoms with Gasteiger partial charge in [-0.1, -0.05) is 81.4 Å². The number of phenols is 2. The molecule has 2 aromatic carbocycles. The summed E-state index contributed by atoms with van der Waals surface area (Å²) >= 11 is 0. The van der Waals surface area contributed by atoms with Crippen LogP contribution in [-0.2, 0) is 10.8 Å². The van der Waals surface area contributed by atoms with Gasteiger partial charge >= 0.3 is 0 Å². The van der Waals surface area contributed by atoms with Gasteiger partial charge in [-0.15, -0.1) is 0 Å². The summed E-state index contributed by atoms with van der Waals surface area (Å²) in [6.07, 6.45) is 7.76. The van der Waals surface area contributed by atoms with E-state index in [4.69, 9.17) is 9.98 Å². The number of aliphatic imine (C=N–C) groups is 2. The predicted molar refractivity (Wildman–Crippen MR) is 163 cm³/mol. The molecule has 2 atom stereocenters. The highest BCUT2D eigenvalue weighted by Crippen LogP contribution is 2.37. The second-order valence-electron chi connectivity index (χ2n) is 13.9. The van der Waals surface area contributed by atoms with Crippen molar-refractivity contribution >= 4 is 12.4 Å². The van der Waals surface area contributed by atoms with E-state index < -0.39 is 0 Å². The first-order valence-electron chi connectivity index (χ1n) is 14.4. The highest BCUT2D eigenvalue weighted by molar-refractivity contribution is 5.86. The minimum Gasteiger partial charge on any atom is -0.507 e. The van der Waals surface area contributed by atoms with E-state index in [-0.39, 0.29) is 22.9 Å². The van der Waals surface area contributed by atoms with E-state index in [0.717, 1.165) is 47.9 Å². The lowest BCUT2D eigenvalue weighted by Gasteiger charge is -2.25. The lowest BCUT2D eigenvalue weighted by atomic mass is 9.82. The molecular formula is C34H50N2O2. The Morgan fingerprint density at radius 3 is 1.37 bits per heavy atom. The smallest absolute Gasteiger partial charge is 0.128 e. The average molecular weight is 519 g/mol. The largest absolute Gasteiger partial charge is 0.507 e. The number of phenolic OH excluding ortho intramolecular Hbond substituents is 2. The number of hydrogen-bond donors (Lipinski definition) is 2. The van der Waals surface area contributed by atoms with Gasteiger partial charge < -0.3 is 10.2 Å². The van der Waals surface area contributed by atoms with Crippen molar-refractivity contribution in [1.29, 1.82) is 0 Å². The van der Waals surface area contributed by atoms with Crippen molar-refractivity contribution in [2.45, 2.75) is 130 Å². The number of benzene rings is 2. The summed E-state index contributed by atoms with van der Waals surface area (Å²) in [7, 11) is 0. The number of hydrogen-bond acceptors (Lipinski definition) is 4. The minimum absolute atomic E-state index is 0.145. The summed E-state index contributed by atoms with van der Waals surface area (Å²) in [6.45, 7) is 21.5. The van der Waals surface area contributed by atoms with Crippen molar-refractivity contribution in [3.8, 4) is 11.5 Å². The van der Waals surface area contributed by atoms with E-state index in [1.165, 1.54) is 11.1 Å². The summed E-state index contributed by atoms with van der Waals surface area (Å²) in [5.41, 5.74) is 5.69. The molecule has 1 fully saturated rings. The molecule has 0 radical (unpaired) electrons. The maximum absolute atomic E-state index is 11.1. The Kier molecular flexibility index (Phi) is 9.16. The lowest BCUT2D eigenvalue weighted by molar-refractivity contribution is 0.397. The maximum atomic E-state index is 11.1. The van der Waals surface area contributed by atoms with Crippen LogP contribution in [0.2, 0.25) is 0 Å². The molecule has 2 N–H and O–H groups in total. The number of rotatable bonds is 6. The first-order valence-corrected chi connectivity index (χ1v) is 14.4. The Labute approximate surface area is 231 Å². The molecular weight excluding hydrogens is 468 g/mol. The normalized spacial score (nSPS) is 19.4. The zero-order chi connectivity index (χ0) is 28.4. The van der Waals surface area contributed by atoms with E-state index in [0.29, 0.717) is 23.3 Å². The van der Waals surface area contributed by atoms with Crippen molar-refractivity contribution < 1.29 is 10.2 Å². The Bertz CT molecular complexity index is 1080. The molecule has 0 saturated heterocycles. The third kappa shape index (κ3) is 7.27. The molecule has 4 heteroatoms. The molecule has 3 rings (SSSR count). The summed E-state index contributed by atoms with van der Waals surface area (Å²) in [4.78, 5) is 9.87. The molecule has 1 aliphatic rings.